The summed E-state index contributed by atoms with van der Waals surface area (Å²) in [5, 5.41) is 4.87. The molecule has 2 nitrogen and oxygen atoms in total. The highest BCUT2D eigenvalue weighted by atomic mass is 32.1. The molecule has 0 aliphatic heterocycles. The van der Waals surface area contributed by atoms with Gasteiger partial charge in [-0.3, -0.25) is 4.98 Å². The van der Waals surface area contributed by atoms with Gasteiger partial charge in [0.25, 0.3) is 0 Å². The second-order valence-electron chi connectivity index (χ2n) is 11.3. The average molecular weight is 490 g/mol. The van der Waals surface area contributed by atoms with Crippen molar-refractivity contribution in [3.8, 4) is 21.9 Å². The highest BCUT2D eigenvalue weighted by molar-refractivity contribution is 7.22. The lowest BCUT2D eigenvalue weighted by molar-refractivity contribution is 0.596. The van der Waals surface area contributed by atoms with Crippen molar-refractivity contribution in [2.45, 2.75) is 46.5 Å². The third-order valence-corrected chi connectivity index (χ3v) is 7.96. The highest BCUT2D eigenvalue weighted by Crippen LogP contribution is 2.40. The first kappa shape index (κ1) is 23.0. The predicted molar refractivity (Wildman–Crippen MR) is 155 cm³/mol. The summed E-state index contributed by atoms with van der Waals surface area (Å²) in [5.41, 5.74) is 5.58. The summed E-state index contributed by atoms with van der Waals surface area (Å²) in [5.74, 6) is 1.56. The summed E-state index contributed by atoms with van der Waals surface area (Å²) < 4.78 is 7.86. The molecule has 3 heteroatoms. The molecule has 0 saturated heterocycles. The molecule has 0 bridgehead atoms. The fourth-order valence-electron chi connectivity index (χ4n) is 5.15. The second-order valence-corrected chi connectivity index (χ2v) is 12.3. The summed E-state index contributed by atoms with van der Waals surface area (Å²) in [4.78, 5) is 5.96. The summed E-state index contributed by atoms with van der Waals surface area (Å²) in [6.07, 6.45) is 3.00. The van der Waals surface area contributed by atoms with E-state index < -0.39 is 0 Å². The quantitative estimate of drug-likeness (QED) is 0.246. The number of nitrogens with zero attached hydrogens (tertiary/aromatic N) is 1. The van der Waals surface area contributed by atoms with Crippen LogP contribution in [-0.4, -0.2) is 4.98 Å². The molecular weight excluding hydrogens is 458 g/mol. The molecule has 0 unspecified atom stereocenters. The fourth-order valence-corrected chi connectivity index (χ4v) is 6.23. The van der Waals surface area contributed by atoms with E-state index >= 15 is 0 Å². The van der Waals surface area contributed by atoms with Crippen LogP contribution in [0.5, 0.6) is 0 Å². The Kier molecular flexibility index (Phi) is 5.49. The summed E-state index contributed by atoms with van der Waals surface area (Å²) in [6.45, 7) is 11.3. The first-order valence-electron chi connectivity index (χ1n) is 12.7. The number of furan rings is 1. The van der Waals surface area contributed by atoms with E-state index in [0.717, 1.165) is 39.3 Å². The zero-order chi connectivity index (χ0) is 25.0. The highest BCUT2D eigenvalue weighted by Gasteiger charge is 2.20. The van der Waals surface area contributed by atoms with Gasteiger partial charge in [0, 0.05) is 21.8 Å². The van der Waals surface area contributed by atoms with Crippen molar-refractivity contribution in [3.05, 3.63) is 90.1 Å². The molecule has 0 spiro atoms. The second kappa shape index (κ2) is 8.60. The van der Waals surface area contributed by atoms with Crippen molar-refractivity contribution in [2.24, 2.45) is 5.92 Å². The third kappa shape index (κ3) is 4.12. The number of hydrogen-bond acceptors (Lipinski definition) is 3. The van der Waals surface area contributed by atoms with Gasteiger partial charge in [0.2, 0.25) is 0 Å². The van der Waals surface area contributed by atoms with Crippen molar-refractivity contribution in [1.29, 1.82) is 0 Å². The maximum atomic E-state index is 6.55. The minimum Gasteiger partial charge on any atom is -0.453 e. The maximum absolute atomic E-state index is 6.55. The van der Waals surface area contributed by atoms with E-state index in [1.54, 1.807) is 11.3 Å². The molecule has 36 heavy (non-hydrogen) atoms. The fraction of sp³-hybridized carbons (Fsp3) is 0.242. The number of aromatic nitrogens is 1. The first-order chi connectivity index (χ1) is 17.3. The Morgan fingerprint density at radius 2 is 1.69 bits per heavy atom. The van der Waals surface area contributed by atoms with E-state index in [1.165, 1.54) is 32.0 Å². The molecule has 0 saturated carbocycles. The predicted octanol–water partition coefficient (Wildman–Crippen LogP) is 10.0. The molecule has 0 N–H and O–H groups in total. The number of rotatable bonds is 4. The van der Waals surface area contributed by atoms with Gasteiger partial charge >= 0.3 is 0 Å². The Bertz CT molecular complexity index is 1730. The monoisotopic (exact) mass is 489 g/mol. The zero-order valence-electron chi connectivity index (χ0n) is 21.6. The van der Waals surface area contributed by atoms with Gasteiger partial charge in [0.1, 0.15) is 11.5 Å². The Morgan fingerprint density at radius 1 is 0.861 bits per heavy atom. The molecule has 0 fully saturated rings. The Morgan fingerprint density at radius 3 is 2.50 bits per heavy atom. The van der Waals surface area contributed by atoms with Gasteiger partial charge < -0.3 is 4.42 Å². The minimum atomic E-state index is 0.0172. The molecule has 6 aromatic rings. The van der Waals surface area contributed by atoms with E-state index in [0.29, 0.717) is 5.92 Å². The van der Waals surface area contributed by atoms with Crippen LogP contribution in [0.15, 0.2) is 83.4 Å². The Balaban J connectivity index is 1.48. The normalized spacial score (nSPS) is 12.4. The van der Waals surface area contributed by atoms with Gasteiger partial charge in [-0.1, -0.05) is 71.0 Å². The molecular formula is C33H31NOS. The van der Waals surface area contributed by atoms with Crippen LogP contribution in [0.3, 0.4) is 0 Å². The van der Waals surface area contributed by atoms with Crippen molar-refractivity contribution >= 4 is 43.2 Å². The number of thiophene rings is 1. The van der Waals surface area contributed by atoms with Gasteiger partial charge in [0.05, 0.1) is 4.88 Å². The van der Waals surface area contributed by atoms with Crippen LogP contribution in [-0.2, 0) is 11.8 Å². The number of fused-ring (bicyclic) bond motifs is 3. The summed E-state index contributed by atoms with van der Waals surface area (Å²) >= 11 is 1.80. The lowest BCUT2D eigenvalue weighted by atomic mass is 9.82. The topological polar surface area (TPSA) is 26.0 Å². The van der Waals surface area contributed by atoms with Crippen LogP contribution < -0.4 is 0 Å². The smallest absolute Gasteiger partial charge is 0.161 e. The van der Waals surface area contributed by atoms with Crippen molar-refractivity contribution in [2.75, 3.05) is 0 Å². The van der Waals surface area contributed by atoms with Gasteiger partial charge in [-0.2, -0.15) is 0 Å². The molecule has 0 atom stereocenters. The van der Waals surface area contributed by atoms with Gasteiger partial charge in [-0.25, -0.2) is 0 Å². The minimum absolute atomic E-state index is 0.0172. The van der Waals surface area contributed by atoms with Crippen LogP contribution in [0.1, 0.15) is 45.7 Å². The molecule has 3 aromatic heterocycles. The first-order valence-corrected chi connectivity index (χ1v) is 13.5. The third-order valence-electron chi connectivity index (χ3n) is 6.85. The summed E-state index contributed by atoms with van der Waals surface area (Å²) in [7, 11) is 0. The molecule has 180 valence electrons. The zero-order valence-corrected chi connectivity index (χ0v) is 22.4. The molecule has 3 heterocycles. The van der Waals surface area contributed by atoms with E-state index in [1.807, 2.05) is 12.3 Å². The van der Waals surface area contributed by atoms with E-state index in [-0.39, 0.29) is 5.41 Å². The van der Waals surface area contributed by atoms with Gasteiger partial charge in [0.15, 0.2) is 5.58 Å². The summed E-state index contributed by atoms with van der Waals surface area (Å²) in [6, 6.07) is 26.4. The van der Waals surface area contributed by atoms with Crippen molar-refractivity contribution < 1.29 is 4.42 Å². The Hall–Kier alpha value is -3.43. The van der Waals surface area contributed by atoms with Gasteiger partial charge in [-0.15, -0.1) is 11.3 Å². The molecule has 0 aliphatic rings. The maximum Gasteiger partial charge on any atom is 0.161 e. The lowest BCUT2D eigenvalue weighted by Gasteiger charge is -2.22. The molecule has 0 amide bonds. The van der Waals surface area contributed by atoms with Crippen molar-refractivity contribution in [3.63, 3.8) is 0 Å². The van der Waals surface area contributed by atoms with Crippen LogP contribution in [0.25, 0.3) is 53.7 Å². The number of pyridine rings is 1. The molecule has 3 aromatic carbocycles. The SMILES string of the molecule is CC(C)Cc1ccc2cc(-c3cc4ccnc(-c5cc(C(C)(C)C)c6ccccc6c5)c4o3)sc2c1. The standard InChI is InChI=1S/C33H31NOS/c1-20(2)14-21-10-11-23-19-30(36-29(23)15-21)28-18-24-12-13-34-31(32(24)35-28)25-16-22-8-6-7-9-26(22)27(17-25)33(3,4)5/h6-13,15-20H,14H2,1-5H3. The number of benzene rings is 3. The molecule has 0 aliphatic carbocycles. The van der Waals surface area contributed by atoms with Crippen LogP contribution in [0.2, 0.25) is 0 Å². The van der Waals surface area contributed by atoms with Gasteiger partial charge in [-0.05, 0) is 81.4 Å². The van der Waals surface area contributed by atoms with Crippen LogP contribution >= 0.6 is 11.3 Å². The number of hydrogen-bond donors (Lipinski definition) is 0. The molecule has 6 rings (SSSR count). The average Bonchev–Trinajstić information content (AvgIpc) is 3.46. The van der Waals surface area contributed by atoms with Crippen LogP contribution in [0.4, 0.5) is 0 Å². The largest absolute Gasteiger partial charge is 0.453 e. The van der Waals surface area contributed by atoms with E-state index in [9.17, 15) is 0 Å². The van der Waals surface area contributed by atoms with Crippen molar-refractivity contribution in [1.82, 2.24) is 4.98 Å². The van der Waals surface area contributed by atoms with E-state index in [4.69, 9.17) is 9.40 Å². The molecule has 0 radical (unpaired) electrons. The van der Waals surface area contributed by atoms with Crippen LogP contribution in [0, 0.1) is 5.92 Å². The Labute approximate surface area is 216 Å². The lowest BCUT2D eigenvalue weighted by Crippen LogP contribution is -2.12. The van der Waals surface area contributed by atoms with E-state index in [2.05, 4.69) is 101 Å².